The van der Waals surface area contributed by atoms with E-state index in [1.165, 1.54) is 0 Å². The Morgan fingerprint density at radius 2 is 2.13 bits per heavy atom. The van der Waals surface area contributed by atoms with Gasteiger partial charge in [0.05, 0.1) is 6.61 Å². The van der Waals surface area contributed by atoms with Crippen molar-refractivity contribution in [2.24, 2.45) is 0 Å². The first-order chi connectivity index (χ1) is 7.43. The van der Waals surface area contributed by atoms with Crippen LogP contribution in [-0.2, 0) is 4.74 Å². The lowest BCUT2D eigenvalue weighted by molar-refractivity contribution is 0.160. The molecule has 0 aliphatic carbocycles. The highest BCUT2D eigenvalue weighted by atomic mass is 16.6. The van der Waals surface area contributed by atoms with Crippen LogP contribution in [0.1, 0.15) is 0 Å². The predicted octanol–water partition coefficient (Wildman–Crippen LogP) is 1.24. The lowest BCUT2D eigenvalue weighted by Gasteiger charge is -2.20. The molecular weight excluding hydrogens is 196 g/mol. The Morgan fingerprint density at radius 3 is 3.00 bits per heavy atom. The fourth-order valence-electron chi connectivity index (χ4n) is 1.51. The van der Waals surface area contributed by atoms with Crippen molar-refractivity contribution < 1.29 is 18.9 Å². The van der Waals surface area contributed by atoms with E-state index < -0.39 is 0 Å². The van der Waals surface area contributed by atoms with E-state index in [0.717, 1.165) is 18.1 Å². The van der Waals surface area contributed by atoms with Gasteiger partial charge in [0, 0.05) is 0 Å². The summed E-state index contributed by atoms with van der Waals surface area (Å²) in [5, 5.41) is 0. The number of para-hydroxylation sites is 1. The molecule has 0 spiro atoms. The number of benzene rings is 1. The quantitative estimate of drug-likeness (QED) is 0.700. The summed E-state index contributed by atoms with van der Waals surface area (Å²) in [6.07, 6.45) is 0.255. The second-order valence-electron chi connectivity index (χ2n) is 3.55. The molecule has 0 unspecified atom stereocenters. The van der Waals surface area contributed by atoms with Crippen molar-refractivity contribution in [3.8, 4) is 17.2 Å². The summed E-state index contributed by atoms with van der Waals surface area (Å²) in [4.78, 5) is 0. The Kier molecular flexibility index (Phi) is 2.14. The van der Waals surface area contributed by atoms with Crippen LogP contribution in [0.15, 0.2) is 18.2 Å². The second kappa shape index (κ2) is 3.62. The minimum Gasteiger partial charge on any atom is -0.487 e. The van der Waals surface area contributed by atoms with Gasteiger partial charge in [0.1, 0.15) is 25.9 Å². The van der Waals surface area contributed by atoms with Crippen molar-refractivity contribution in [1.82, 2.24) is 0 Å². The zero-order valence-electron chi connectivity index (χ0n) is 8.27. The predicted molar refractivity (Wildman–Crippen MR) is 52.7 cm³/mol. The van der Waals surface area contributed by atoms with Gasteiger partial charge in [-0.15, -0.1) is 0 Å². The van der Waals surface area contributed by atoms with E-state index in [4.69, 9.17) is 18.9 Å². The zero-order valence-corrected chi connectivity index (χ0v) is 8.27. The SMILES string of the molecule is c1cc2c(c(OC[C@@H]3CO3)c1)OCCO2. The fourth-order valence-corrected chi connectivity index (χ4v) is 1.51. The van der Waals surface area contributed by atoms with Crippen LogP contribution in [0.5, 0.6) is 17.2 Å². The summed E-state index contributed by atoms with van der Waals surface area (Å²) in [6.45, 7) is 2.56. The molecule has 1 aromatic carbocycles. The molecule has 1 aromatic rings. The van der Waals surface area contributed by atoms with E-state index in [2.05, 4.69) is 0 Å². The molecule has 0 radical (unpaired) electrons. The van der Waals surface area contributed by atoms with Crippen LogP contribution in [0.2, 0.25) is 0 Å². The first kappa shape index (κ1) is 8.85. The van der Waals surface area contributed by atoms with Gasteiger partial charge in [0.25, 0.3) is 0 Å². The number of ether oxygens (including phenoxy) is 4. The second-order valence-corrected chi connectivity index (χ2v) is 3.55. The summed E-state index contributed by atoms with van der Waals surface area (Å²) in [7, 11) is 0. The summed E-state index contributed by atoms with van der Waals surface area (Å²) in [5.41, 5.74) is 0. The molecule has 1 saturated heterocycles. The van der Waals surface area contributed by atoms with Gasteiger partial charge in [-0.25, -0.2) is 0 Å². The molecule has 0 saturated carbocycles. The van der Waals surface area contributed by atoms with Crippen molar-refractivity contribution in [3.63, 3.8) is 0 Å². The lowest BCUT2D eigenvalue weighted by atomic mass is 10.3. The maximum absolute atomic E-state index is 5.60. The Hall–Kier alpha value is -1.42. The third kappa shape index (κ3) is 1.85. The maximum atomic E-state index is 5.60. The standard InChI is InChI=1S/C11H12O4/c1-2-9-11(13-5-4-12-9)10(3-1)15-7-8-6-14-8/h1-3,8H,4-7H2/t8-/m0/s1. The topological polar surface area (TPSA) is 40.2 Å². The third-order valence-electron chi connectivity index (χ3n) is 2.36. The van der Waals surface area contributed by atoms with Crippen LogP contribution in [0.4, 0.5) is 0 Å². The van der Waals surface area contributed by atoms with Crippen LogP contribution in [0.25, 0.3) is 0 Å². The van der Waals surface area contributed by atoms with Crippen molar-refractivity contribution in [2.75, 3.05) is 26.4 Å². The number of fused-ring (bicyclic) bond motifs is 1. The molecule has 0 amide bonds. The molecule has 1 fully saturated rings. The van der Waals surface area contributed by atoms with Gasteiger partial charge in [0.15, 0.2) is 11.5 Å². The van der Waals surface area contributed by atoms with Gasteiger partial charge in [-0.2, -0.15) is 0 Å². The molecule has 80 valence electrons. The lowest BCUT2D eigenvalue weighted by Crippen LogP contribution is -2.16. The van der Waals surface area contributed by atoms with Crippen LogP contribution >= 0.6 is 0 Å². The van der Waals surface area contributed by atoms with E-state index in [-0.39, 0.29) is 6.10 Å². The zero-order chi connectivity index (χ0) is 10.1. The normalized spacial score (nSPS) is 22.3. The van der Waals surface area contributed by atoms with Crippen molar-refractivity contribution >= 4 is 0 Å². The van der Waals surface area contributed by atoms with Crippen LogP contribution in [0, 0.1) is 0 Å². The van der Waals surface area contributed by atoms with Crippen LogP contribution in [-0.4, -0.2) is 32.5 Å². The van der Waals surface area contributed by atoms with E-state index in [0.29, 0.717) is 25.6 Å². The molecular formula is C11H12O4. The molecule has 1 atom stereocenters. The van der Waals surface area contributed by atoms with Gasteiger partial charge in [-0.3, -0.25) is 0 Å². The molecule has 0 N–H and O–H groups in total. The smallest absolute Gasteiger partial charge is 0.203 e. The van der Waals surface area contributed by atoms with Gasteiger partial charge < -0.3 is 18.9 Å². The molecule has 2 aliphatic rings. The highest BCUT2D eigenvalue weighted by Crippen LogP contribution is 2.39. The minimum atomic E-state index is 0.255. The first-order valence-corrected chi connectivity index (χ1v) is 5.06. The van der Waals surface area contributed by atoms with Gasteiger partial charge >= 0.3 is 0 Å². The van der Waals surface area contributed by atoms with Crippen molar-refractivity contribution in [3.05, 3.63) is 18.2 Å². The number of rotatable bonds is 3. The average molecular weight is 208 g/mol. The van der Waals surface area contributed by atoms with E-state index >= 15 is 0 Å². The maximum Gasteiger partial charge on any atom is 0.203 e. The van der Waals surface area contributed by atoms with Gasteiger partial charge in [-0.05, 0) is 12.1 Å². The van der Waals surface area contributed by atoms with E-state index in [1.54, 1.807) is 0 Å². The molecule has 4 heteroatoms. The Morgan fingerprint density at radius 1 is 1.27 bits per heavy atom. The highest BCUT2D eigenvalue weighted by Gasteiger charge is 2.24. The molecule has 0 bridgehead atoms. The number of epoxide rings is 1. The largest absolute Gasteiger partial charge is 0.487 e. The molecule has 0 aromatic heterocycles. The van der Waals surface area contributed by atoms with Crippen molar-refractivity contribution in [2.45, 2.75) is 6.10 Å². The van der Waals surface area contributed by atoms with Crippen LogP contribution < -0.4 is 14.2 Å². The van der Waals surface area contributed by atoms with Crippen LogP contribution in [0.3, 0.4) is 0 Å². The average Bonchev–Trinajstić information content (AvgIpc) is 3.10. The van der Waals surface area contributed by atoms with Crippen molar-refractivity contribution in [1.29, 1.82) is 0 Å². The van der Waals surface area contributed by atoms with Gasteiger partial charge in [0.2, 0.25) is 5.75 Å². The fraction of sp³-hybridized carbons (Fsp3) is 0.455. The number of hydrogen-bond donors (Lipinski definition) is 0. The molecule has 4 nitrogen and oxygen atoms in total. The molecule has 2 heterocycles. The Labute approximate surface area is 87.7 Å². The Bertz CT molecular complexity index is 360. The van der Waals surface area contributed by atoms with E-state index in [9.17, 15) is 0 Å². The van der Waals surface area contributed by atoms with Gasteiger partial charge in [-0.1, -0.05) is 6.07 Å². The third-order valence-corrected chi connectivity index (χ3v) is 2.36. The van der Waals surface area contributed by atoms with E-state index in [1.807, 2.05) is 18.2 Å². The summed E-state index contributed by atoms with van der Waals surface area (Å²) >= 11 is 0. The molecule has 2 aliphatic heterocycles. The molecule has 3 rings (SSSR count). The summed E-state index contributed by atoms with van der Waals surface area (Å²) < 4.78 is 21.6. The first-order valence-electron chi connectivity index (χ1n) is 5.06. The monoisotopic (exact) mass is 208 g/mol. The highest BCUT2D eigenvalue weighted by molar-refractivity contribution is 5.51. The minimum absolute atomic E-state index is 0.255. The Balaban J connectivity index is 1.79. The summed E-state index contributed by atoms with van der Waals surface area (Å²) in [5.74, 6) is 2.21. The molecule has 15 heavy (non-hydrogen) atoms. The summed E-state index contributed by atoms with van der Waals surface area (Å²) in [6, 6.07) is 5.67. The number of hydrogen-bond acceptors (Lipinski definition) is 4.